The van der Waals surface area contributed by atoms with Crippen molar-refractivity contribution in [2.45, 2.75) is 0 Å². The average molecular weight is 255 g/mol. The van der Waals surface area contributed by atoms with E-state index >= 15 is 0 Å². The van der Waals surface area contributed by atoms with Gasteiger partial charge in [-0.15, -0.1) is 0 Å². The van der Waals surface area contributed by atoms with Gasteiger partial charge in [-0.2, -0.15) is 5.26 Å². The molecular weight excluding hydrogens is 248 g/mol. The van der Waals surface area contributed by atoms with E-state index in [2.05, 4.69) is 0 Å². The first-order chi connectivity index (χ1) is 9.20. The minimum Gasteiger partial charge on any atom is -0.442 e. The summed E-state index contributed by atoms with van der Waals surface area (Å²) in [5, 5.41) is 9.35. The molecule has 2 nitrogen and oxygen atoms in total. The van der Waals surface area contributed by atoms with Crippen molar-refractivity contribution < 1.29 is 13.2 Å². The molecule has 3 aromatic rings. The molecule has 2 aromatic carbocycles. The molecule has 0 atom stereocenters. The molecule has 0 N–H and O–H groups in total. The number of nitrogens with zero attached hydrogens (tertiary/aromatic N) is 1. The molecule has 0 aliphatic carbocycles. The van der Waals surface area contributed by atoms with Crippen molar-refractivity contribution in [3.05, 3.63) is 59.9 Å². The molecule has 92 valence electrons. The number of hydrogen-bond acceptors (Lipinski definition) is 2. The van der Waals surface area contributed by atoms with Crippen LogP contribution in [0.1, 0.15) is 5.76 Å². The maximum absolute atomic E-state index is 13.6. The fourth-order valence-electron chi connectivity index (χ4n) is 2.10. The van der Waals surface area contributed by atoms with Crippen molar-refractivity contribution in [2.24, 2.45) is 0 Å². The van der Waals surface area contributed by atoms with E-state index in [1.807, 2.05) is 12.1 Å². The highest BCUT2D eigenvalue weighted by Crippen LogP contribution is 2.36. The Hall–Kier alpha value is -2.67. The quantitative estimate of drug-likeness (QED) is 0.651. The number of fused-ring (bicyclic) bond motifs is 1. The first kappa shape index (κ1) is 11.4. The number of benzene rings is 2. The zero-order valence-corrected chi connectivity index (χ0v) is 9.65. The molecule has 0 radical (unpaired) electrons. The van der Waals surface area contributed by atoms with Gasteiger partial charge in [-0.3, -0.25) is 0 Å². The molecular formula is C15H7F2NO. The van der Waals surface area contributed by atoms with E-state index in [-0.39, 0.29) is 16.7 Å². The molecule has 0 saturated carbocycles. The van der Waals surface area contributed by atoms with Crippen LogP contribution in [0.4, 0.5) is 8.78 Å². The maximum atomic E-state index is 13.6. The van der Waals surface area contributed by atoms with Gasteiger partial charge in [0, 0.05) is 17.0 Å². The van der Waals surface area contributed by atoms with E-state index in [1.165, 1.54) is 6.07 Å². The number of rotatable bonds is 1. The van der Waals surface area contributed by atoms with Gasteiger partial charge >= 0.3 is 0 Å². The highest BCUT2D eigenvalue weighted by Gasteiger charge is 2.19. The number of hydrogen-bond donors (Lipinski definition) is 0. The summed E-state index contributed by atoms with van der Waals surface area (Å²) in [5.41, 5.74) is 0.996. The van der Waals surface area contributed by atoms with Gasteiger partial charge in [0.1, 0.15) is 11.9 Å². The van der Waals surface area contributed by atoms with Gasteiger partial charge in [-0.05, 0) is 11.6 Å². The van der Waals surface area contributed by atoms with E-state index in [0.717, 1.165) is 6.07 Å². The summed E-state index contributed by atoms with van der Waals surface area (Å²) in [6.45, 7) is 0. The predicted molar refractivity (Wildman–Crippen MR) is 66.3 cm³/mol. The summed E-state index contributed by atoms with van der Waals surface area (Å²) >= 11 is 0. The van der Waals surface area contributed by atoms with Gasteiger partial charge in [0.05, 0.1) is 0 Å². The van der Waals surface area contributed by atoms with E-state index in [0.29, 0.717) is 11.1 Å². The fraction of sp³-hybridized carbons (Fsp3) is 0. The van der Waals surface area contributed by atoms with Crippen LogP contribution in [0.2, 0.25) is 0 Å². The molecule has 0 aliphatic rings. The molecule has 0 bridgehead atoms. The predicted octanol–water partition coefficient (Wildman–Crippen LogP) is 4.25. The Morgan fingerprint density at radius 1 is 1.05 bits per heavy atom. The molecule has 0 saturated heterocycles. The standard InChI is InChI=1S/C15H7F2NO/c16-10-6-11-14(9-4-2-1-3-5-9)13(8-18)19-15(11)12(17)7-10/h1-7H. The lowest BCUT2D eigenvalue weighted by molar-refractivity contribution is 0.541. The van der Waals surface area contributed by atoms with Crippen LogP contribution in [0.15, 0.2) is 46.9 Å². The van der Waals surface area contributed by atoms with Gasteiger partial charge in [-0.25, -0.2) is 8.78 Å². The number of halogens is 2. The second kappa shape index (κ2) is 4.21. The van der Waals surface area contributed by atoms with Gasteiger partial charge < -0.3 is 4.42 Å². The summed E-state index contributed by atoms with van der Waals surface area (Å²) in [7, 11) is 0. The van der Waals surface area contributed by atoms with Crippen LogP contribution in [0, 0.1) is 23.0 Å². The van der Waals surface area contributed by atoms with E-state index in [1.54, 1.807) is 24.3 Å². The van der Waals surface area contributed by atoms with Crippen LogP contribution < -0.4 is 0 Å². The normalized spacial score (nSPS) is 10.6. The Balaban J connectivity index is 2.44. The first-order valence-corrected chi connectivity index (χ1v) is 5.58. The average Bonchev–Trinajstić information content (AvgIpc) is 2.78. The second-order valence-corrected chi connectivity index (χ2v) is 4.05. The van der Waals surface area contributed by atoms with E-state index in [4.69, 9.17) is 9.68 Å². The third kappa shape index (κ3) is 1.76. The zero-order chi connectivity index (χ0) is 13.4. The molecule has 4 heteroatoms. The van der Waals surface area contributed by atoms with Crippen molar-refractivity contribution in [1.82, 2.24) is 0 Å². The number of nitriles is 1. The lowest BCUT2D eigenvalue weighted by Crippen LogP contribution is -1.82. The summed E-state index contributed by atoms with van der Waals surface area (Å²) in [4.78, 5) is 0. The van der Waals surface area contributed by atoms with E-state index < -0.39 is 11.6 Å². The van der Waals surface area contributed by atoms with Crippen molar-refractivity contribution in [1.29, 1.82) is 5.26 Å². The molecule has 1 aromatic heterocycles. The van der Waals surface area contributed by atoms with Crippen molar-refractivity contribution in [3.63, 3.8) is 0 Å². The minimum absolute atomic E-state index is 0.0225. The Morgan fingerprint density at radius 3 is 2.47 bits per heavy atom. The molecule has 3 rings (SSSR count). The molecule has 0 aliphatic heterocycles. The molecule has 1 heterocycles. The molecule has 0 amide bonds. The highest BCUT2D eigenvalue weighted by atomic mass is 19.1. The fourth-order valence-corrected chi connectivity index (χ4v) is 2.10. The molecule has 0 fully saturated rings. The van der Waals surface area contributed by atoms with Gasteiger partial charge in [0.15, 0.2) is 11.4 Å². The zero-order valence-electron chi connectivity index (χ0n) is 9.65. The lowest BCUT2D eigenvalue weighted by atomic mass is 10.0. The van der Waals surface area contributed by atoms with E-state index in [9.17, 15) is 8.78 Å². The van der Waals surface area contributed by atoms with Gasteiger partial charge in [-0.1, -0.05) is 30.3 Å². The summed E-state index contributed by atoms with van der Waals surface area (Å²) in [5.74, 6) is -1.54. The summed E-state index contributed by atoms with van der Waals surface area (Å²) in [6, 6.07) is 12.7. The van der Waals surface area contributed by atoms with Crippen LogP contribution in [-0.2, 0) is 0 Å². The van der Waals surface area contributed by atoms with Crippen molar-refractivity contribution >= 4 is 11.0 Å². The number of furan rings is 1. The van der Waals surface area contributed by atoms with Gasteiger partial charge in [0.25, 0.3) is 0 Å². The summed E-state index contributed by atoms with van der Waals surface area (Å²) < 4.78 is 32.2. The lowest BCUT2D eigenvalue weighted by Gasteiger charge is -1.99. The smallest absolute Gasteiger partial charge is 0.212 e. The first-order valence-electron chi connectivity index (χ1n) is 5.58. The Kier molecular flexibility index (Phi) is 2.53. The molecule has 0 unspecified atom stereocenters. The molecule has 0 spiro atoms. The van der Waals surface area contributed by atoms with Crippen LogP contribution in [-0.4, -0.2) is 0 Å². The van der Waals surface area contributed by atoms with Crippen LogP contribution in [0.3, 0.4) is 0 Å². The third-order valence-electron chi connectivity index (χ3n) is 2.87. The van der Waals surface area contributed by atoms with Crippen LogP contribution >= 0.6 is 0 Å². The van der Waals surface area contributed by atoms with Crippen molar-refractivity contribution in [3.8, 4) is 17.2 Å². The SMILES string of the molecule is N#Cc1oc2c(F)cc(F)cc2c1-c1ccccc1. The molecule has 19 heavy (non-hydrogen) atoms. The van der Waals surface area contributed by atoms with Crippen LogP contribution in [0.5, 0.6) is 0 Å². The Morgan fingerprint density at radius 2 is 1.79 bits per heavy atom. The van der Waals surface area contributed by atoms with Crippen molar-refractivity contribution in [2.75, 3.05) is 0 Å². The second-order valence-electron chi connectivity index (χ2n) is 4.05. The maximum Gasteiger partial charge on any atom is 0.212 e. The third-order valence-corrected chi connectivity index (χ3v) is 2.87. The minimum atomic E-state index is -0.811. The largest absolute Gasteiger partial charge is 0.442 e. The van der Waals surface area contributed by atoms with Gasteiger partial charge in [0.2, 0.25) is 5.76 Å². The van der Waals surface area contributed by atoms with Crippen LogP contribution in [0.25, 0.3) is 22.1 Å². The highest BCUT2D eigenvalue weighted by molar-refractivity contribution is 5.97. The Labute approximate surface area is 107 Å². The Bertz CT molecular complexity index is 800. The summed E-state index contributed by atoms with van der Waals surface area (Å²) in [6.07, 6.45) is 0. The topological polar surface area (TPSA) is 36.9 Å². The monoisotopic (exact) mass is 255 g/mol.